The highest BCUT2D eigenvalue weighted by Gasteiger charge is 2.18. The normalized spacial score (nSPS) is 12.1. The van der Waals surface area contributed by atoms with Crippen molar-refractivity contribution in [3.05, 3.63) is 65.6 Å². The smallest absolute Gasteiger partial charge is 0.317 e. The van der Waals surface area contributed by atoms with Crippen molar-refractivity contribution in [1.29, 1.82) is 0 Å². The van der Waals surface area contributed by atoms with Gasteiger partial charge in [0.05, 0.1) is 12.6 Å². The summed E-state index contributed by atoms with van der Waals surface area (Å²) in [6.45, 7) is 4.80. The summed E-state index contributed by atoms with van der Waals surface area (Å²) in [5.41, 5.74) is 4.42. The third kappa shape index (κ3) is 4.48. The van der Waals surface area contributed by atoms with Gasteiger partial charge in [-0.25, -0.2) is 4.79 Å². The predicted octanol–water partition coefficient (Wildman–Crippen LogP) is 4.94. The van der Waals surface area contributed by atoms with Crippen molar-refractivity contribution in [3.8, 4) is 0 Å². The average Bonchev–Trinajstić information content (AvgIpc) is 3.01. The molecule has 2 N–H and O–H groups in total. The molecule has 0 fully saturated rings. The summed E-state index contributed by atoms with van der Waals surface area (Å²) in [6, 6.07) is 12.1. The first-order valence-corrected chi connectivity index (χ1v) is 9.58. The Kier molecular flexibility index (Phi) is 6.12. The zero-order valence-electron chi connectivity index (χ0n) is 16.3. The minimum absolute atomic E-state index is 0.0163. The maximum absolute atomic E-state index is 12.8. The van der Waals surface area contributed by atoms with Gasteiger partial charge in [-0.2, -0.15) is 0 Å². The van der Waals surface area contributed by atoms with Crippen molar-refractivity contribution in [1.82, 2.24) is 20.2 Å². The van der Waals surface area contributed by atoms with Gasteiger partial charge < -0.3 is 15.2 Å². The van der Waals surface area contributed by atoms with Crippen LogP contribution in [0.3, 0.4) is 0 Å². The first kappa shape index (κ1) is 19.0. The topological polar surface area (TPSA) is 61.0 Å². The molecule has 2 amide bonds. The lowest BCUT2D eigenvalue weighted by Gasteiger charge is -2.24. The van der Waals surface area contributed by atoms with E-state index in [-0.39, 0.29) is 12.1 Å². The number of para-hydroxylation sites is 1. The van der Waals surface area contributed by atoms with Gasteiger partial charge in [0.15, 0.2) is 0 Å². The lowest BCUT2D eigenvalue weighted by Crippen LogP contribution is -2.39. The zero-order valence-corrected chi connectivity index (χ0v) is 16.3. The SMILES string of the molecule is CCCC[C@H](NC(=O)N(C)Cc1[nH]c2ccccc2c1C)c1cccnc1. The second-order valence-electron chi connectivity index (χ2n) is 7.06. The van der Waals surface area contributed by atoms with Gasteiger partial charge in [0.1, 0.15) is 0 Å². The minimum Gasteiger partial charge on any atom is -0.357 e. The van der Waals surface area contributed by atoms with Gasteiger partial charge in [-0.3, -0.25) is 4.98 Å². The summed E-state index contributed by atoms with van der Waals surface area (Å²) in [5, 5.41) is 4.38. The van der Waals surface area contributed by atoms with Crippen LogP contribution in [0.25, 0.3) is 10.9 Å². The molecule has 2 aromatic heterocycles. The van der Waals surface area contributed by atoms with Crippen molar-refractivity contribution in [2.45, 2.75) is 45.7 Å². The van der Waals surface area contributed by atoms with Crippen molar-refractivity contribution < 1.29 is 4.79 Å². The number of pyridine rings is 1. The number of fused-ring (bicyclic) bond motifs is 1. The molecule has 0 aliphatic rings. The lowest BCUT2D eigenvalue weighted by molar-refractivity contribution is 0.201. The summed E-state index contributed by atoms with van der Waals surface area (Å²) in [7, 11) is 1.83. The maximum atomic E-state index is 12.8. The van der Waals surface area contributed by atoms with E-state index in [2.05, 4.69) is 41.3 Å². The molecule has 0 aliphatic carbocycles. The number of rotatable bonds is 7. The quantitative estimate of drug-likeness (QED) is 0.623. The number of hydrogen-bond acceptors (Lipinski definition) is 2. The van der Waals surface area contributed by atoms with Crippen LogP contribution in [0.4, 0.5) is 4.79 Å². The summed E-state index contributed by atoms with van der Waals surface area (Å²) in [6.07, 6.45) is 6.66. The van der Waals surface area contributed by atoms with Gasteiger partial charge in [0.2, 0.25) is 0 Å². The van der Waals surface area contributed by atoms with Crippen LogP contribution in [-0.4, -0.2) is 27.9 Å². The first-order chi connectivity index (χ1) is 13.1. The van der Waals surface area contributed by atoms with Crippen LogP contribution in [0.2, 0.25) is 0 Å². The second-order valence-corrected chi connectivity index (χ2v) is 7.06. The second kappa shape index (κ2) is 8.71. The van der Waals surface area contributed by atoms with Crippen molar-refractivity contribution in [2.24, 2.45) is 0 Å². The molecular formula is C22H28N4O. The molecule has 0 saturated carbocycles. The standard InChI is InChI=1S/C22H28N4O/c1-4-5-11-19(17-9-8-13-23-14-17)25-22(27)26(3)15-21-16(2)18-10-6-7-12-20(18)24-21/h6-10,12-14,19,24H,4-5,11,15H2,1-3H3,(H,25,27)/t19-/m0/s1. The molecular weight excluding hydrogens is 336 g/mol. The van der Waals surface area contributed by atoms with E-state index in [0.29, 0.717) is 6.54 Å². The number of H-pyrrole nitrogens is 1. The number of aryl methyl sites for hydroxylation is 1. The van der Waals surface area contributed by atoms with Gasteiger partial charge in [-0.1, -0.05) is 44.0 Å². The molecule has 0 radical (unpaired) electrons. The van der Waals surface area contributed by atoms with Crippen LogP contribution in [-0.2, 0) is 6.54 Å². The van der Waals surface area contributed by atoms with Gasteiger partial charge >= 0.3 is 6.03 Å². The number of carbonyl (C=O) groups is 1. The fourth-order valence-electron chi connectivity index (χ4n) is 3.38. The molecule has 3 aromatic rings. The Labute approximate surface area is 160 Å². The van der Waals surface area contributed by atoms with Crippen LogP contribution in [0.15, 0.2) is 48.8 Å². The highest BCUT2D eigenvalue weighted by Crippen LogP contribution is 2.23. The van der Waals surface area contributed by atoms with E-state index in [4.69, 9.17) is 0 Å². The lowest BCUT2D eigenvalue weighted by atomic mass is 10.0. The summed E-state index contributed by atoms with van der Waals surface area (Å²) < 4.78 is 0. The largest absolute Gasteiger partial charge is 0.357 e. The maximum Gasteiger partial charge on any atom is 0.317 e. The van der Waals surface area contributed by atoms with E-state index >= 15 is 0 Å². The number of hydrogen-bond donors (Lipinski definition) is 2. The molecule has 27 heavy (non-hydrogen) atoms. The van der Waals surface area contributed by atoms with Crippen LogP contribution >= 0.6 is 0 Å². The molecule has 0 saturated heterocycles. The summed E-state index contributed by atoms with van der Waals surface area (Å²) in [4.78, 5) is 22.2. The molecule has 0 aliphatic heterocycles. The number of nitrogens with one attached hydrogen (secondary N) is 2. The number of urea groups is 1. The summed E-state index contributed by atoms with van der Waals surface area (Å²) in [5.74, 6) is 0. The average molecular weight is 364 g/mol. The van der Waals surface area contributed by atoms with Crippen molar-refractivity contribution in [2.75, 3.05) is 7.05 Å². The van der Waals surface area contributed by atoms with Crippen molar-refractivity contribution >= 4 is 16.9 Å². The number of amides is 2. The molecule has 0 unspecified atom stereocenters. The molecule has 2 heterocycles. The molecule has 3 rings (SSSR count). The molecule has 5 heteroatoms. The van der Waals surface area contributed by atoms with E-state index in [0.717, 1.165) is 36.0 Å². The van der Waals surface area contributed by atoms with Crippen LogP contribution < -0.4 is 5.32 Å². The monoisotopic (exact) mass is 364 g/mol. The molecule has 0 bridgehead atoms. The number of benzene rings is 1. The van der Waals surface area contributed by atoms with Gasteiger partial charge in [0, 0.05) is 36.0 Å². The Hall–Kier alpha value is -2.82. The van der Waals surface area contributed by atoms with Crippen molar-refractivity contribution in [3.63, 3.8) is 0 Å². The van der Waals surface area contributed by atoms with Crippen LogP contribution in [0.5, 0.6) is 0 Å². The fourth-order valence-corrected chi connectivity index (χ4v) is 3.38. The minimum atomic E-state index is -0.0713. The van der Waals surface area contributed by atoms with E-state index in [9.17, 15) is 4.79 Å². The highest BCUT2D eigenvalue weighted by molar-refractivity contribution is 5.84. The molecule has 0 spiro atoms. The number of aromatic nitrogens is 2. The third-order valence-electron chi connectivity index (χ3n) is 5.04. The number of nitrogens with zero attached hydrogens (tertiary/aromatic N) is 2. The van der Waals surface area contributed by atoms with Gasteiger partial charge in [-0.05, 0) is 36.6 Å². The number of carbonyl (C=O) groups excluding carboxylic acids is 1. The molecule has 142 valence electrons. The molecule has 1 aromatic carbocycles. The van der Waals surface area contributed by atoms with Gasteiger partial charge in [0.25, 0.3) is 0 Å². The van der Waals surface area contributed by atoms with Gasteiger partial charge in [-0.15, -0.1) is 0 Å². The zero-order chi connectivity index (χ0) is 19.2. The Morgan fingerprint density at radius 1 is 1.26 bits per heavy atom. The fraction of sp³-hybridized carbons (Fsp3) is 0.364. The Morgan fingerprint density at radius 3 is 2.78 bits per heavy atom. The van der Waals surface area contributed by atoms with E-state index in [1.54, 1.807) is 11.1 Å². The Balaban J connectivity index is 1.70. The Bertz CT molecular complexity index is 888. The third-order valence-corrected chi connectivity index (χ3v) is 5.04. The summed E-state index contributed by atoms with van der Waals surface area (Å²) >= 11 is 0. The number of aromatic amines is 1. The Morgan fingerprint density at radius 2 is 2.07 bits per heavy atom. The predicted molar refractivity (Wildman–Crippen MR) is 110 cm³/mol. The first-order valence-electron chi connectivity index (χ1n) is 9.58. The number of unbranched alkanes of at least 4 members (excludes halogenated alkanes) is 1. The van der Waals surface area contributed by atoms with E-state index < -0.39 is 0 Å². The van der Waals surface area contributed by atoms with Crippen LogP contribution in [0.1, 0.15) is 49.0 Å². The van der Waals surface area contributed by atoms with E-state index in [1.807, 2.05) is 37.5 Å². The van der Waals surface area contributed by atoms with Crippen LogP contribution in [0, 0.1) is 6.92 Å². The molecule has 5 nitrogen and oxygen atoms in total. The van der Waals surface area contributed by atoms with E-state index in [1.165, 1.54) is 10.9 Å². The molecule has 1 atom stereocenters. The highest BCUT2D eigenvalue weighted by atomic mass is 16.2.